The van der Waals surface area contributed by atoms with Gasteiger partial charge in [-0.3, -0.25) is 19.7 Å². The summed E-state index contributed by atoms with van der Waals surface area (Å²) in [6.45, 7) is 5.88. The Kier molecular flexibility index (Phi) is 7.17. The van der Waals surface area contributed by atoms with Gasteiger partial charge in [0.25, 0.3) is 11.6 Å². The van der Waals surface area contributed by atoms with Crippen LogP contribution in [0.2, 0.25) is 0 Å². The van der Waals surface area contributed by atoms with Crippen LogP contribution >= 0.6 is 11.8 Å². The number of hydrogen-bond donors (Lipinski definition) is 1. The second kappa shape index (κ2) is 9.36. The summed E-state index contributed by atoms with van der Waals surface area (Å²) < 4.78 is 4.93. The topological polar surface area (TPSA) is 98.5 Å². The van der Waals surface area contributed by atoms with Crippen LogP contribution < -0.4 is 5.32 Å². The van der Waals surface area contributed by atoms with Crippen LogP contribution in [0.15, 0.2) is 53.4 Å². The lowest BCUT2D eigenvalue weighted by molar-refractivity contribution is -0.387. The van der Waals surface area contributed by atoms with Crippen LogP contribution in [0.1, 0.15) is 26.3 Å². The van der Waals surface area contributed by atoms with Crippen LogP contribution in [0.5, 0.6) is 0 Å². The van der Waals surface area contributed by atoms with Crippen molar-refractivity contribution in [2.24, 2.45) is 0 Å². The van der Waals surface area contributed by atoms with Crippen molar-refractivity contribution < 1.29 is 19.2 Å². The van der Waals surface area contributed by atoms with Crippen LogP contribution in [0.4, 0.5) is 11.4 Å². The molecule has 1 N–H and O–H groups in total. The molecule has 0 atom stereocenters. The maximum absolute atomic E-state index is 11.9. The molecule has 0 aliphatic carbocycles. The molecule has 0 fully saturated rings. The molecule has 2 aromatic carbocycles. The van der Waals surface area contributed by atoms with E-state index in [9.17, 15) is 19.7 Å². The molecular weight excluding hydrogens is 380 g/mol. The summed E-state index contributed by atoms with van der Waals surface area (Å²) in [4.78, 5) is 34.6. The number of rotatable bonds is 7. The Hall–Kier alpha value is -2.87. The van der Waals surface area contributed by atoms with Gasteiger partial charge in [0.2, 0.25) is 0 Å². The second-order valence-corrected chi connectivity index (χ2v) is 8.07. The first-order valence-electron chi connectivity index (χ1n) is 8.59. The highest BCUT2D eigenvalue weighted by atomic mass is 32.2. The molecule has 0 heterocycles. The number of hydrogen-bond acceptors (Lipinski definition) is 6. The monoisotopic (exact) mass is 402 g/mol. The van der Waals surface area contributed by atoms with Gasteiger partial charge in [0.05, 0.1) is 15.6 Å². The molecule has 0 aliphatic heterocycles. The first-order valence-corrected chi connectivity index (χ1v) is 9.57. The van der Waals surface area contributed by atoms with Crippen molar-refractivity contribution in [2.45, 2.75) is 31.1 Å². The predicted molar refractivity (Wildman–Crippen MR) is 109 cm³/mol. The van der Waals surface area contributed by atoms with E-state index in [1.807, 2.05) is 12.1 Å². The molecule has 0 spiro atoms. The number of benzene rings is 2. The molecule has 28 heavy (non-hydrogen) atoms. The van der Waals surface area contributed by atoms with E-state index < -0.39 is 23.4 Å². The molecule has 0 saturated carbocycles. The number of anilines is 1. The van der Waals surface area contributed by atoms with Gasteiger partial charge in [0.15, 0.2) is 6.61 Å². The Labute approximate surface area is 167 Å². The smallest absolute Gasteiger partial charge is 0.316 e. The largest absolute Gasteiger partial charge is 0.455 e. The number of amides is 1. The minimum atomic E-state index is -0.624. The van der Waals surface area contributed by atoms with Crippen LogP contribution in [-0.2, 0) is 19.7 Å². The SMILES string of the molecule is CC(C)(C)c1ccc(NC(=O)COC(=O)CSc2ccccc2[N+](=O)[O-])cc1. The predicted octanol–water partition coefficient (Wildman–Crippen LogP) is 4.17. The van der Waals surface area contributed by atoms with Gasteiger partial charge in [-0.2, -0.15) is 0 Å². The number of thioether (sulfide) groups is 1. The van der Waals surface area contributed by atoms with E-state index in [0.717, 1.165) is 17.3 Å². The Morgan fingerprint density at radius 3 is 2.36 bits per heavy atom. The van der Waals surface area contributed by atoms with E-state index in [1.165, 1.54) is 6.07 Å². The van der Waals surface area contributed by atoms with Crippen molar-refractivity contribution in [1.82, 2.24) is 0 Å². The highest BCUT2D eigenvalue weighted by Gasteiger charge is 2.16. The molecule has 0 aromatic heterocycles. The zero-order valence-electron chi connectivity index (χ0n) is 15.9. The number of esters is 1. The molecule has 7 nitrogen and oxygen atoms in total. The van der Waals surface area contributed by atoms with Crippen molar-refractivity contribution in [3.63, 3.8) is 0 Å². The van der Waals surface area contributed by atoms with Gasteiger partial charge in [-0.1, -0.05) is 45.0 Å². The lowest BCUT2D eigenvalue weighted by Crippen LogP contribution is -2.21. The average molecular weight is 402 g/mol. The van der Waals surface area contributed by atoms with Crippen molar-refractivity contribution in [3.05, 3.63) is 64.2 Å². The summed E-state index contributed by atoms with van der Waals surface area (Å²) in [6.07, 6.45) is 0. The van der Waals surface area contributed by atoms with Gasteiger partial charge in [0, 0.05) is 11.8 Å². The van der Waals surface area contributed by atoms with Crippen LogP contribution in [0.25, 0.3) is 0 Å². The Balaban J connectivity index is 1.80. The molecule has 148 valence electrons. The number of para-hydroxylation sites is 1. The van der Waals surface area contributed by atoms with Gasteiger partial charge >= 0.3 is 5.97 Å². The molecule has 0 saturated heterocycles. The fourth-order valence-electron chi connectivity index (χ4n) is 2.31. The van der Waals surface area contributed by atoms with E-state index in [-0.39, 0.29) is 16.9 Å². The Bertz CT molecular complexity index is 860. The first kappa shape index (κ1) is 21.4. The number of ether oxygens (including phenoxy) is 1. The molecule has 0 radical (unpaired) electrons. The summed E-state index contributed by atoms with van der Waals surface area (Å²) in [5.41, 5.74) is 1.70. The molecule has 0 aliphatic rings. The van der Waals surface area contributed by atoms with E-state index in [4.69, 9.17) is 4.74 Å². The lowest BCUT2D eigenvalue weighted by atomic mass is 9.87. The number of carbonyl (C=O) groups excluding carboxylic acids is 2. The van der Waals surface area contributed by atoms with E-state index >= 15 is 0 Å². The van der Waals surface area contributed by atoms with Crippen LogP contribution in [-0.4, -0.2) is 29.2 Å². The summed E-state index contributed by atoms with van der Waals surface area (Å²) >= 11 is 0.995. The van der Waals surface area contributed by atoms with Crippen molar-refractivity contribution in [2.75, 3.05) is 17.7 Å². The number of carbonyl (C=O) groups is 2. The first-order chi connectivity index (χ1) is 13.2. The Morgan fingerprint density at radius 2 is 1.75 bits per heavy atom. The number of nitro groups is 1. The third-order valence-corrected chi connectivity index (χ3v) is 4.84. The van der Waals surface area contributed by atoms with E-state index in [0.29, 0.717) is 10.6 Å². The number of nitrogens with one attached hydrogen (secondary N) is 1. The average Bonchev–Trinajstić information content (AvgIpc) is 2.64. The summed E-state index contributed by atoms with van der Waals surface area (Å²) in [5, 5.41) is 13.6. The van der Waals surface area contributed by atoms with Crippen molar-refractivity contribution in [1.29, 1.82) is 0 Å². The summed E-state index contributed by atoms with van der Waals surface area (Å²) in [7, 11) is 0. The van der Waals surface area contributed by atoms with Gasteiger partial charge in [-0.15, -0.1) is 11.8 Å². The van der Waals surface area contributed by atoms with Gasteiger partial charge in [-0.05, 0) is 29.2 Å². The third kappa shape index (κ3) is 6.38. The molecular formula is C20H22N2O5S. The minimum absolute atomic E-state index is 0.0174. The zero-order valence-corrected chi connectivity index (χ0v) is 16.7. The molecule has 8 heteroatoms. The van der Waals surface area contributed by atoms with E-state index in [1.54, 1.807) is 30.3 Å². The molecule has 1 amide bonds. The Morgan fingerprint density at radius 1 is 1.11 bits per heavy atom. The third-order valence-electron chi connectivity index (χ3n) is 3.81. The zero-order chi connectivity index (χ0) is 20.7. The van der Waals surface area contributed by atoms with Crippen molar-refractivity contribution in [3.8, 4) is 0 Å². The highest BCUT2D eigenvalue weighted by molar-refractivity contribution is 8.00. The maximum Gasteiger partial charge on any atom is 0.316 e. The molecule has 0 bridgehead atoms. The molecule has 2 aromatic rings. The summed E-state index contributed by atoms with van der Waals surface area (Å²) in [5.74, 6) is -1.20. The van der Waals surface area contributed by atoms with Crippen LogP contribution in [0.3, 0.4) is 0 Å². The second-order valence-electron chi connectivity index (χ2n) is 7.05. The van der Waals surface area contributed by atoms with Gasteiger partial charge < -0.3 is 10.1 Å². The van der Waals surface area contributed by atoms with Crippen LogP contribution in [0, 0.1) is 10.1 Å². The lowest BCUT2D eigenvalue weighted by Gasteiger charge is -2.19. The van der Waals surface area contributed by atoms with Gasteiger partial charge in [-0.25, -0.2) is 0 Å². The van der Waals surface area contributed by atoms with Crippen molar-refractivity contribution >= 4 is 35.0 Å². The molecule has 2 rings (SSSR count). The van der Waals surface area contributed by atoms with E-state index in [2.05, 4.69) is 26.1 Å². The number of nitrogens with zero attached hydrogens (tertiary/aromatic N) is 1. The highest BCUT2D eigenvalue weighted by Crippen LogP contribution is 2.28. The molecule has 0 unspecified atom stereocenters. The quantitative estimate of drug-likeness (QED) is 0.323. The fraction of sp³-hybridized carbons (Fsp3) is 0.300. The minimum Gasteiger partial charge on any atom is -0.455 e. The normalized spacial score (nSPS) is 11.0. The summed E-state index contributed by atoms with van der Waals surface area (Å²) in [6, 6.07) is 13.6. The van der Waals surface area contributed by atoms with Gasteiger partial charge in [0.1, 0.15) is 0 Å². The maximum atomic E-state index is 11.9. The number of nitro benzene ring substituents is 1. The fourth-order valence-corrected chi connectivity index (χ4v) is 3.13. The standard InChI is InChI=1S/C20H22N2O5S/c1-20(2,3)14-8-10-15(11-9-14)21-18(23)12-27-19(24)13-28-17-7-5-4-6-16(17)22(25)26/h4-11H,12-13H2,1-3H3,(H,21,23).